The predicted molar refractivity (Wildman–Crippen MR) is 85.2 cm³/mol. The predicted octanol–water partition coefficient (Wildman–Crippen LogP) is 3.08. The number of pyridine rings is 1. The highest BCUT2D eigenvalue weighted by atomic mass is 32.1. The topological polar surface area (TPSA) is 54.9 Å². The van der Waals surface area contributed by atoms with Crippen LogP contribution in [0.1, 0.15) is 43.5 Å². The third kappa shape index (κ3) is 4.93. The van der Waals surface area contributed by atoms with Gasteiger partial charge in [0.05, 0.1) is 10.7 Å². The van der Waals surface area contributed by atoms with Crippen molar-refractivity contribution in [3.8, 4) is 0 Å². The second kappa shape index (κ2) is 6.80. The summed E-state index contributed by atoms with van der Waals surface area (Å²) in [5, 5.41) is 6.03. The number of carbonyl (C=O) groups is 1. The van der Waals surface area contributed by atoms with Gasteiger partial charge < -0.3 is 5.32 Å². The van der Waals surface area contributed by atoms with Crippen LogP contribution in [0.4, 0.5) is 0 Å². The van der Waals surface area contributed by atoms with Crippen molar-refractivity contribution in [1.82, 2.24) is 15.3 Å². The van der Waals surface area contributed by atoms with E-state index in [1.54, 1.807) is 23.7 Å². The maximum atomic E-state index is 11.8. The maximum absolute atomic E-state index is 11.8. The van der Waals surface area contributed by atoms with Gasteiger partial charge in [-0.15, -0.1) is 11.3 Å². The number of carbonyl (C=O) groups excluding carboxylic acids is 1. The van der Waals surface area contributed by atoms with Crippen molar-refractivity contribution in [1.29, 1.82) is 0 Å². The largest absolute Gasteiger partial charge is 0.352 e. The molecule has 112 valence electrons. The number of thiazole rings is 1. The molecule has 2 heterocycles. The average molecular weight is 303 g/mol. The molecule has 0 aliphatic rings. The van der Waals surface area contributed by atoms with E-state index in [0.717, 1.165) is 16.3 Å². The van der Waals surface area contributed by atoms with Crippen LogP contribution < -0.4 is 5.32 Å². The lowest BCUT2D eigenvalue weighted by molar-refractivity contribution is -0.121. The first kappa shape index (κ1) is 15.6. The van der Waals surface area contributed by atoms with E-state index in [0.29, 0.717) is 19.4 Å². The van der Waals surface area contributed by atoms with E-state index < -0.39 is 0 Å². The molecule has 0 saturated heterocycles. The number of hydrogen-bond donors (Lipinski definition) is 1. The Kier molecular flexibility index (Phi) is 5.07. The smallest absolute Gasteiger partial charge is 0.220 e. The van der Waals surface area contributed by atoms with Gasteiger partial charge in [0.15, 0.2) is 0 Å². The molecule has 0 spiro atoms. The lowest BCUT2D eigenvalue weighted by Crippen LogP contribution is -2.23. The van der Waals surface area contributed by atoms with Crippen LogP contribution in [0, 0.1) is 0 Å². The van der Waals surface area contributed by atoms with Crippen LogP contribution in [0.25, 0.3) is 0 Å². The monoisotopic (exact) mass is 303 g/mol. The molecule has 0 aliphatic carbocycles. The van der Waals surface area contributed by atoms with E-state index in [-0.39, 0.29) is 11.3 Å². The molecule has 0 aliphatic heterocycles. The number of rotatable bonds is 5. The molecule has 21 heavy (non-hydrogen) atoms. The van der Waals surface area contributed by atoms with Gasteiger partial charge in [-0.05, 0) is 17.7 Å². The summed E-state index contributed by atoms with van der Waals surface area (Å²) in [6.45, 7) is 6.99. The van der Waals surface area contributed by atoms with E-state index >= 15 is 0 Å². The fourth-order valence-corrected chi connectivity index (χ4v) is 2.81. The van der Waals surface area contributed by atoms with Crippen LogP contribution >= 0.6 is 11.3 Å². The molecule has 5 heteroatoms. The number of aryl methyl sites for hydroxylation is 1. The summed E-state index contributed by atoms with van der Waals surface area (Å²) in [5.74, 6) is 0.0549. The Morgan fingerprint density at radius 3 is 2.62 bits per heavy atom. The van der Waals surface area contributed by atoms with Crippen molar-refractivity contribution in [3.63, 3.8) is 0 Å². The summed E-state index contributed by atoms with van der Waals surface area (Å²) in [7, 11) is 0. The highest BCUT2D eigenvalue weighted by molar-refractivity contribution is 7.09. The Hall–Kier alpha value is -1.75. The van der Waals surface area contributed by atoms with Gasteiger partial charge in [0, 0.05) is 42.6 Å². The number of amides is 1. The van der Waals surface area contributed by atoms with E-state index in [1.807, 2.05) is 12.1 Å². The molecule has 0 saturated carbocycles. The minimum atomic E-state index is 0.0549. The lowest BCUT2D eigenvalue weighted by atomic mass is 9.93. The van der Waals surface area contributed by atoms with Crippen LogP contribution in [0.5, 0.6) is 0 Å². The standard InChI is InChI=1S/C16H21N3OS/c1-16(2,3)13-11-21-15(19-13)5-4-14(20)18-10-12-6-8-17-9-7-12/h6-9,11H,4-5,10H2,1-3H3,(H,18,20). The van der Waals surface area contributed by atoms with Gasteiger partial charge in [0.1, 0.15) is 0 Å². The van der Waals surface area contributed by atoms with E-state index in [4.69, 9.17) is 0 Å². The molecule has 0 atom stereocenters. The molecule has 0 bridgehead atoms. The molecule has 0 unspecified atom stereocenters. The Morgan fingerprint density at radius 1 is 1.29 bits per heavy atom. The second-order valence-electron chi connectivity index (χ2n) is 6.01. The third-order valence-electron chi connectivity index (χ3n) is 3.13. The molecule has 1 N–H and O–H groups in total. The first-order chi connectivity index (χ1) is 9.95. The summed E-state index contributed by atoms with van der Waals surface area (Å²) in [6.07, 6.45) is 4.63. The van der Waals surface area contributed by atoms with Crippen LogP contribution in [0.2, 0.25) is 0 Å². The van der Waals surface area contributed by atoms with Gasteiger partial charge in [0.25, 0.3) is 0 Å². The first-order valence-electron chi connectivity index (χ1n) is 7.05. The Morgan fingerprint density at radius 2 is 2.00 bits per heavy atom. The minimum absolute atomic E-state index is 0.0549. The number of aromatic nitrogens is 2. The molecular formula is C16H21N3OS. The number of nitrogens with zero attached hydrogens (tertiary/aromatic N) is 2. The fourth-order valence-electron chi connectivity index (χ4n) is 1.78. The number of hydrogen-bond acceptors (Lipinski definition) is 4. The molecule has 0 aromatic carbocycles. The van der Waals surface area contributed by atoms with Gasteiger partial charge in [0.2, 0.25) is 5.91 Å². The Bertz CT molecular complexity index is 587. The van der Waals surface area contributed by atoms with Gasteiger partial charge in [-0.25, -0.2) is 4.98 Å². The fraction of sp³-hybridized carbons (Fsp3) is 0.438. The Labute approximate surface area is 129 Å². The number of nitrogens with one attached hydrogen (secondary N) is 1. The van der Waals surface area contributed by atoms with Crippen molar-refractivity contribution < 1.29 is 4.79 Å². The molecule has 2 aromatic heterocycles. The molecule has 1 amide bonds. The molecule has 4 nitrogen and oxygen atoms in total. The summed E-state index contributed by atoms with van der Waals surface area (Å²) in [6, 6.07) is 3.80. The lowest BCUT2D eigenvalue weighted by Gasteiger charge is -2.14. The highest BCUT2D eigenvalue weighted by Gasteiger charge is 2.17. The van der Waals surface area contributed by atoms with Crippen molar-refractivity contribution in [2.24, 2.45) is 0 Å². The van der Waals surface area contributed by atoms with Crippen molar-refractivity contribution >= 4 is 17.2 Å². The zero-order valence-electron chi connectivity index (χ0n) is 12.7. The van der Waals surface area contributed by atoms with E-state index in [9.17, 15) is 4.79 Å². The second-order valence-corrected chi connectivity index (χ2v) is 6.95. The van der Waals surface area contributed by atoms with Crippen LogP contribution in [-0.2, 0) is 23.2 Å². The molecule has 0 fully saturated rings. The Balaban J connectivity index is 1.78. The normalized spacial score (nSPS) is 11.4. The third-order valence-corrected chi connectivity index (χ3v) is 4.03. The van der Waals surface area contributed by atoms with Gasteiger partial charge in [-0.1, -0.05) is 20.8 Å². The summed E-state index contributed by atoms with van der Waals surface area (Å²) in [5.41, 5.74) is 2.22. The summed E-state index contributed by atoms with van der Waals surface area (Å²) in [4.78, 5) is 20.4. The highest BCUT2D eigenvalue weighted by Crippen LogP contribution is 2.24. The summed E-state index contributed by atoms with van der Waals surface area (Å²) >= 11 is 1.63. The van der Waals surface area contributed by atoms with Gasteiger partial charge >= 0.3 is 0 Å². The zero-order chi connectivity index (χ0) is 15.3. The zero-order valence-corrected chi connectivity index (χ0v) is 13.5. The summed E-state index contributed by atoms with van der Waals surface area (Å²) < 4.78 is 0. The van der Waals surface area contributed by atoms with Crippen LogP contribution in [0.3, 0.4) is 0 Å². The van der Waals surface area contributed by atoms with Gasteiger partial charge in [-0.2, -0.15) is 0 Å². The van der Waals surface area contributed by atoms with Crippen molar-refractivity contribution in [2.45, 2.75) is 45.6 Å². The SMILES string of the molecule is CC(C)(C)c1csc(CCC(=O)NCc2ccncc2)n1. The first-order valence-corrected chi connectivity index (χ1v) is 7.93. The quantitative estimate of drug-likeness (QED) is 0.923. The molecule has 0 radical (unpaired) electrons. The maximum Gasteiger partial charge on any atom is 0.220 e. The van der Waals surface area contributed by atoms with E-state index in [2.05, 4.69) is 41.4 Å². The van der Waals surface area contributed by atoms with Crippen molar-refractivity contribution in [3.05, 3.63) is 46.2 Å². The minimum Gasteiger partial charge on any atom is -0.352 e. The molecular weight excluding hydrogens is 282 g/mol. The van der Waals surface area contributed by atoms with Gasteiger partial charge in [-0.3, -0.25) is 9.78 Å². The molecule has 2 aromatic rings. The van der Waals surface area contributed by atoms with Crippen LogP contribution in [0.15, 0.2) is 29.9 Å². The van der Waals surface area contributed by atoms with Crippen molar-refractivity contribution in [2.75, 3.05) is 0 Å². The van der Waals surface area contributed by atoms with Crippen LogP contribution in [-0.4, -0.2) is 15.9 Å². The average Bonchev–Trinajstić information content (AvgIpc) is 2.93. The molecule has 2 rings (SSSR count). The van der Waals surface area contributed by atoms with E-state index in [1.165, 1.54) is 0 Å².